The van der Waals surface area contributed by atoms with Crippen molar-refractivity contribution >= 4 is 0 Å². The molecule has 0 heterocycles. The van der Waals surface area contributed by atoms with Crippen molar-refractivity contribution in [1.82, 2.24) is 0 Å². The minimum atomic E-state index is 1.22. The van der Waals surface area contributed by atoms with Crippen LogP contribution in [0.5, 0.6) is 0 Å². The summed E-state index contributed by atoms with van der Waals surface area (Å²) in [5.41, 5.74) is 1.40. The second-order valence-electron chi connectivity index (χ2n) is 2.03. The Kier molecular flexibility index (Phi) is 4.73. The molecule has 0 aromatic rings. The first-order valence-corrected chi connectivity index (χ1v) is 3.27. The molecule has 0 aromatic carbocycles. The molecule has 0 nitrogen and oxygen atoms in total. The first kappa shape index (κ1) is 7.74. The van der Waals surface area contributed by atoms with E-state index in [9.17, 15) is 0 Å². The zero-order valence-corrected chi connectivity index (χ0v) is 6.07. The monoisotopic (exact) mass is 111 g/mol. The highest BCUT2D eigenvalue weighted by atomic mass is 13.9. The van der Waals surface area contributed by atoms with Gasteiger partial charge in [0.05, 0.1) is 0 Å². The van der Waals surface area contributed by atoms with Gasteiger partial charge < -0.3 is 0 Å². The van der Waals surface area contributed by atoms with E-state index in [0.29, 0.717) is 0 Å². The number of unbranched alkanes of at least 4 members (excludes halogenated alkanes) is 1. The molecule has 0 heteroatoms. The van der Waals surface area contributed by atoms with E-state index in [4.69, 9.17) is 0 Å². The maximum Gasteiger partial charge on any atom is -0.0172 e. The van der Waals surface area contributed by atoms with Crippen molar-refractivity contribution in [3.8, 4) is 0 Å². The van der Waals surface area contributed by atoms with Gasteiger partial charge in [0, 0.05) is 0 Å². The standard InChI is InChI=1S/C8H15/c1-4-6-7-8(3)5-2/h5,7H,4,6H2,1-3H3. The summed E-state index contributed by atoms with van der Waals surface area (Å²) in [5.74, 6) is 0. The SMILES string of the molecule is C[CH]C(C)=CCCC. The third-order valence-corrected chi connectivity index (χ3v) is 1.21. The zero-order valence-electron chi connectivity index (χ0n) is 6.07. The molecule has 0 aliphatic heterocycles. The van der Waals surface area contributed by atoms with Crippen LogP contribution < -0.4 is 0 Å². The lowest BCUT2D eigenvalue weighted by Gasteiger charge is -1.90. The minimum absolute atomic E-state index is 1.22. The molecule has 47 valence electrons. The summed E-state index contributed by atoms with van der Waals surface area (Å²) in [7, 11) is 0. The van der Waals surface area contributed by atoms with Crippen molar-refractivity contribution in [3.63, 3.8) is 0 Å². The van der Waals surface area contributed by atoms with Crippen LogP contribution in [-0.4, -0.2) is 0 Å². The molecule has 0 saturated carbocycles. The molecule has 0 fully saturated rings. The Labute approximate surface area is 52.6 Å². The fourth-order valence-corrected chi connectivity index (χ4v) is 0.490. The number of rotatable bonds is 3. The number of hydrogen-bond donors (Lipinski definition) is 0. The Bertz CT molecular complexity index is 70.1. The molecule has 1 radical (unpaired) electrons. The lowest BCUT2D eigenvalue weighted by atomic mass is 10.2. The van der Waals surface area contributed by atoms with Gasteiger partial charge in [-0.05, 0) is 19.8 Å². The van der Waals surface area contributed by atoms with Gasteiger partial charge in [-0.25, -0.2) is 0 Å². The predicted molar refractivity (Wildman–Crippen MR) is 38.6 cm³/mol. The molecular formula is C8H15. The highest BCUT2D eigenvalue weighted by Gasteiger charge is 1.80. The molecule has 0 spiro atoms. The van der Waals surface area contributed by atoms with E-state index in [1.54, 1.807) is 0 Å². The van der Waals surface area contributed by atoms with Crippen LogP contribution in [-0.2, 0) is 0 Å². The molecule has 0 aliphatic carbocycles. The molecular weight excluding hydrogens is 96.1 g/mol. The highest BCUT2D eigenvalue weighted by Crippen LogP contribution is 1.99. The maximum absolute atomic E-state index is 2.26. The van der Waals surface area contributed by atoms with E-state index in [-0.39, 0.29) is 0 Å². The number of hydrogen-bond acceptors (Lipinski definition) is 0. The molecule has 0 aliphatic rings. The third kappa shape index (κ3) is 3.91. The Morgan fingerprint density at radius 3 is 2.50 bits per heavy atom. The molecule has 0 bridgehead atoms. The quantitative estimate of drug-likeness (QED) is 0.525. The van der Waals surface area contributed by atoms with Crippen LogP contribution in [0.1, 0.15) is 33.6 Å². The van der Waals surface area contributed by atoms with Gasteiger partial charge in [-0.15, -0.1) is 0 Å². The van der Waals surface area contributed by atoms with Gasteiger partial charge >= 0.3 is 0 Å². The molecule has 0 amide bonds. The summed E-state index contributed by atoms with van der Waals surface area (Å²) in [5, 5.41) is 0. The van der Waals surface area contributed by atoms with Crippen LogP contribution in [0.3, 0.4) is 0 Å². The zero-order chi connectivity index (χ0) is 6.41. The van der Waals surface area contributed by atoms with Crippen LogP contribution in [0.2, 0.25) is 0 Å². The third-order valence-electron chi connectivity index (χ3n) is 1.21. The van der Waals surface area contributed by atoms with Crippen LogP contribution >= 0.6 is 0 Å². The second kappa shape index (κ2) is 4.89. The van der Waals surface area contributed by atoms with Gasteiger partial charge in [-0.1, -0.05) is 31.9 Å². The molecule has 8 heavy (non-hydrogen) atoms. The average Bonchev–Trinajstić information content (AvgIpc) is 1.83. The van der Waals surface area contributed by atoms with E-state index < -0.39 is 0 Å². The Morgan fingerprint density at radius 2 is 2.12 bits per heavy atom. The van der Waals surface area contributed by atoms with E-state index in [2.05, 4.69) is 33.3 Å². The van der Waals surface area contributed by atoms with Crippen molar-refractivity contribution in [2.75, 3.05) is 0 Å². The van der Waals surface area contributed by atoms with Gasteiger partial charge in [0.2, 0.25) is 0 Å². The Balaban J connectivity index is 3.26. The van der Waals surface area contributed by atoms with Gasteiger partial charge in [0.15, 0.2) is 0 Å². The minimum Gasteiger partial charge on any atom is -0.0853 e. The van der Waals surface area contributed by atoms with E-state index in [1.807, 2.05) is 0 Å². The van der Waals surface area contributed by atoms with Crippen LogP contribution in [0.15, 0.2) is 11.6 Å². The summed E-state index contributed by atoms with van der Waals surface area (Å²) in [6.07, 6.45) is 6.87. The topological polar surface area (TPSA) is 0 Å². The Hall–Kier alpha value is -0.260. The summed E-state index contributed by atoms with van der Waals surface area (Å²) in [4.78, 5) is 0. The average molecular weight is 111 g/mol. The van der Waals surface area contributed by atoms with E-state index >= 15 is 0 Å². The molecule has 0 unspecified atom stereocenters. The molecule has 0 rings (SSSR count). The predicted octanol–water partition coefficient (Wildman–Crippen LogP) is 2.96. The van der Waals surface area contributed by atoms with Crippen molar-refractivity contribution in [2.24, 2.45) is 0 Å². The fraction of sp³-hybridized carbons (Fsp3) is 0.625. The van der Waals surface area contributed by atoms with E-state index in [1.165, 1.54) is 18.4 Å². The largest absolute Gasteiger partial charge is 0.0853 e. The van der Waals surface area contributed by atoms with Crippen molar-refractivity contribution < 1.29 is 0 Å². The Morgan fingerprint density at radius 1 is 1.50 bits per heavy atom. The highest BCUT2D eigenvalue weighted by molar-refractivity contribution is 5.07. The number of allylic oxidation sites excluding steroid dienone is 2. The summed E-state index contributed by atoms with van der Waals surface area (Å²) < 4.78 is 0. The summed E-state index contributed by atoms with van der Waals surface area (Å²) >= 11 is 0. The molecule has 0 saturated heterocycles. The maximum atomic E-state index is 2.26. The van der Waals surface area contributed by atoms with Gasteiger partial charge in [-0.3, -0.25) is 0 Å². The molecule has 0 aromatic heterocycles. The summed E-state index contributed by atoms with van der Waals surface area (Å²) in [6, 6.07) is 0. The van der Waals surface area contributed by atoms with Gasteiger partial charge in [-0.2, -0.15) is 0 Å². The first-order chi connectivity index (χ1) is 3.81. The summed E-state index contributed by atoms with van der Waals surface area (Å²) in [6.45, 7) is 6.40. The first-order valence-electron chi connectivity index (χ1n) is 3.27. The van der Waals surface area contributed by atoms with Crippen molar-refractivity contribution in [1.29, 1.82) is 0 Å². The normalized spacial score (nSPS) is 12.1. The lowest BCUT2D eigenvalue weighted by Crippen LogP contribution is -1.71. The lowest BCUT2D eigenvalue weighted by molar-refractivity contribution is 0.949. The van der Waals surface area contributed by atoms with Gasteiger partial charge in [0.1, 0.15) is 0 Å². The van der Waals surface area contributed by atoms with Crippen LogP contribution in [0.25, 0.3) is 0 Å². The molecule has 0 atom stereocenters. The van der Waals surface area contributed by atoms with Crippen LogP contribution in [0, 0.1) is 6.42 Å². The van der Waals surface area contributed by atoms with Gasteiger partial charge in [0.25, 0.3) is 0 Å². The van der Waals surface area contributed by atoms with Crippen molar-refractivity contribution in [3.05, 3.63) is 18.1 Å². The molecule has 0 N–H and O–H groups in total. The van der Waals surface area contributed by atoms with Crippen molar-refractivity contribution in [2.45, 2.75) is 33.6 Å². The fourth-order valence-electron chi connectivity index (χ4n) is 0.490. The van der Waals surface area contributed by atoms with Crippen LogP contribution in [0.4, 0.5) is 0 Å². The van der Waals surface area contributed by atoms with E-state index in [0.717, 1.165) is 0 Å². The smallest absolute Gasteiger partial charge is 0.0172 e. The second-order valence-corrected chi connectivity index (χ2v) is 2.03.